The molecule has 0 unspecified atom stereocenters. The van der Waals surface area contributed by atoms with Crippen LogP contribution in [0.4, 0.5) is 0 Å². The van der Waals surface area contributed by atoms with Gasteiger partial charge in [0, 0.05) is 9.90 Å². The van der Waals surface area contributed by atoms with E-state index in [0.717, 1.165) is 21.8 Å². The number of hydrogen-bond donors (Lipinski definition) is 0. The highest BCUT2D eigenvalue weighted by Crippen LogP contribution is 2.31. The van der Waals surface area contributed by atoms with Crippen LogP contribution in [0.2, 0.25) is 5.02 Å². The molecule has 0 bridgehead atoms. The van der Waals surface area contributed by atoms with Crippen molar-refractivity contribution >= 4 is 33.2 Å². The Bertz CT molecular complexity index is 1130. The van der Waals surface area contributed by atoms with Crippen LogP contribution in [0.3, 0.4) is 0 Å². The van der Waals surface area contributed by atoms with E-state index < -0.39 is 0 Å². The van der Waals surface area contributed by atoms with Crippen molar-refractivity contribution in [2.75, 3.05) is 7.11 Å². The van der Waals surface area contributed by atoms with Crippen molar-refractivity contribution < 1.29 is 4.74 Å². The summed E-state index contributed by atoms with van der Waals surface area (Å²) in [7, 11) is 1.64. The molecule has 4 rings (SSSR count). The van der Waals surface area contributed by atoms with E-state index in [1.165, 1.54) is 11.3 Å². The van der Waals surface area contributed by atoms with E-state index in [9.17, 15) is 4.79 Å². The summed E-state index contributed by atoms with van der Waals surface area (Å²) in [5.74, 6) is 0.803. The van der Waals surface area contributed by atoms with Crippen molar-refractivity contribution in [3.8, 4) is 16.2 Å². The number of aromatic nitrogens is 2. The Labute approximate surface area is 159 Å². The molecule has 2 aromatic carbocycles. The van der Waals surface area contributed by atoms with E-state index in [-0.39, 0.29) is 5.56 Å². The van der Waals surface area contributed by atoms with Gasteiger partial charge in [-0.2, -0.15) is 0 Å². The molecule has 0 N–H and O–H groups in total. The maximum absolute atomic E-state index is 12.8. The Morgan fingerprint density at radius 2 is 1.96 bits per heavy atom. The highest BCUT2D eigenvalue weighted by Gasteiger charge is 2.11. The normalized spacial score (nSPS) is 11.0. The fourth-order valence-corrected chi connectivity index (χ4v) is 4.07. The summed E-state index contributed by atoms with van der Waals surface area (Å²) in [5.41, 5.74) is 2.68. The molecule has 130 valence electrons. The zero-order valence-corrected chi connectivity index (χ0v) is 15.6. The molecule has 4 aromatic rings. The molecular weight excluding hydrogens is 368 g/mol. The average Bonchev–Trinajstić information content (AvgIpc) is 3.09. The fraction of sp³-hybridized carbons (Fsp3) is 0.100. The van der Waals surface area contributed by atoms with Gasteiger partial charge in [-0.1, -0.05) is 23.7 Å². The predicted octanol–water partition coefficient (Wildman–Crippen LogP) is 4.84. The molecule has 0 fully saturated rings. The number of halogens is 1. The second kappa shape index (κ2) is 6.94. The molecule has 0 amide bonds. The molecule has 26 heavy (non-hydrogen) atoms. The first kappa shape index (κ1) is 16.8. The minimum absolute atomic E-state index is 0.0419. The third-order valence-corrected chi connectivity index (χ3v) is 5.52. The van der Waals surface area contributed by atoms with Gasteiger partial charge >= 0.3 is 0 Å². The molecular formula is C20H15ClN2O2S. The molecule has 2 heterocycles. The van der Waals surface area contributed by atoms with Gasteiger partial charge in [0.15, 0.2) is 0 Å². The molecule has 6 heteroatoms. The smallest absolute Gasteiger partial charge is 0.271 e. The Hall–Kier alpha value is -2.63. The molecule has 0 saturated carbocycles. The van der Waals surface area contributed by atoms with Gasteiger partial charge < -0.3 is 4.74 Å². The number of ether oxygens (including phenoxy) is 1. The first-order valence-corrected chi connectivity index (χ1v) is 9.21. The summed E-state index contributed by atoms with van der Waals surface area (Å²) in [6.45, 7) is 0.443. The number of rotatable bonds is 4. The van der Waals surface area contributed by atoms with Gasteiger partial charge in [0.25, 0.3) is 5.56 Å². The van der Waals surface area contributed by atoms with Gasteiger partial charge in [-0.3, -0.25) is 9.36 Å². The van der Waals surface area contributed by atoms with Crippen LogP contribution < -0.4 is 10.3 Å². The average molecular weight is 383 g/mol. The van der Waals surface area contributed by atoms with E-state index in [4.69, 9.17) is 16.3 Å². The van der Waals surface area contributed by atoms with Crippen LogP contribution in [0.5, 0.6) is 5.75 Å². The summed E-state index contributed by atoms with van der Waals surface area (Å²) in [4.78, 5) is 18.3. The van der Waals surface area contributed by atoms with Crippen molar-refractivity contribution in [3.05, 3.63) is 81.9 Å². The number of fused-ring (bicyclic) bond motifs is 1. The number of thiophene rings is 1. The molecule has 4 nitrogen and oxygen atoms in total. The lowest BCUT2D eigenvalue weighted by atomic mass is 10.2. The number of hydrogen-bond acceptors (Lipinski definition) is 4. The van der Waals surface area contributed by atoms with Crippen LogP contribution in [0, 0.1) is 0 Å². The predicted molar refractivity (Wildman–Crippen MR) is 106 cm³/mol. The van der Waals surface area contributed by atoms with E-state index in [1.54, 1.807) is 18.0 Å². The monoisotopic (exact) mass is 382 g/mol. The fourth-order valence-electron chi connectivity index (χ4n) is 2.79. The van der Waals surface area contributed by atoms with Crippen molar-refractivity contribution in [2.45, 2.75) is 6.54 Å². The van der Waals surface area contributed by atoms with Gasteiger partial charge in [0.1, 0.15) is 10.4 Å². The van der Waals surface area contributed by atoms with E-state index in [0.29, 0.717) is 21.8 Å². The molecule has 0 aliphatic carbocycles. The molecule has 2 aromatic heterocycles. The van der Waals surface area contributed by atoms with Crippen molar-refractivity contribution in [1.29, 1.82) is 0 Å². The molecule has 0 aliphatic rings. The van der Waals surface area contributed by atoms with Gasteiger partial charge in [-0.15, -0.1) is 11.3 Å². The van der Waals surface area contributed by atoms with Crippen molar-refractivity contribution in [2.24, 2.45) is 0 Å². The SMILES string of the molecule is COc1ccc(-c2cc3ncn(Cc4cccc(Cl)c4)c(=O)c3s2)cc1. The first-order valence-electron chi connectivity index (χ1n) is 8.02. The zero-order chi connectivity index (χ0) is 18.1. The summed E-state index contributed by atoms with van der Waals surface area (Å²) in [5, 5.41) is 0.655. The van der Waals surface area contributed by atoms with Crippen LogP contribution in [0.15, 0.2) is 65.7 Å². The number of methoxy groups -OCH3 is 1. The Balaban J connectivity index is 1.72. The molecule has 0 radical (unpaired) electrons. The van der Waals surface area contributed by atoms with Gasteiger partial charge in [-0.25, -0.2) is 4.98 Å². The lowest BCUT2D eigenvalue weighted by Gasteiger charge is -2.05. The van der Waals surface area contributed by atoms with Gasteiger partial charge in [0.2, 0.25) is 0 Å². The second-order valence-corrected chi connectivity index (χ2v) is 7.35. The summed E-state index contributed by atoms with van der Waals surface area (Å²) < 4.78 is 7.46. The minimum atomic E-state index is -0.0419. The summed E-state index contributed by atoms with van der Waals surface area (Å²) >= 11 is 7.48. The van der Waals surface area contributed by atoms with Crippen molar-refractivity contribution in [1.82, 2.24) is 9.55 Å². The lowest BCUT2D eigenvalue weighted by Crippen LogP contribution is -2.20. The maximum atomic E-state index is 12.8. The van der Waals surface area contributed by atoms with Crippen LogP contribution >= 0.6 is 22.9 Å². The maximum Gasteiger partial charge on any atom is 0.271 e. The Kier molecular flexibility index (Phi) is 4.49. The highest BCUT2D eigenvalue weighted by atomic mass is 35.5. The standard InChI is InChI=1S/C20H15ClN2O2S/c1-25-16-7-5-14(6-8-16)18-10-17-19(26-18)20(24)23(12-22-17)11-13-3-2-4-15(21)9-13/h2-10,12H,11H2,1H3. The largest absolute Gasteiger partial charge is 0.497 e. The van der Waals surface area contributed by atoms with Crippen molar-refractivity contribution in [3.63, 3.8) is 0 Å². The molecule has 0 aliphatic heterocycles. The highest BCUT2D eigenvalue weighted by molar-refractivity contribution is 7.22. The van der Waals surface area contributed by atoms with Gasteiger partial charge in [-0.05, 0) is 53.6 Å². The van der Waals surface area contributed by atoms with Crippen LogP contribution in [-0.4, -0.2) is 16.7 Å². The minimum Gasteiger partial charge on any atom is -0.497 e. The van der Waals surface area contributed by atoms with E-state index in [1.807, 2.05) is 54.6 Å². The Morgan fingerprint density at radius 3 is 2.69 bits per heavy atom. The quantitative estimate of drug-likeness (QED) is 0.507. The molecule has 0 saturated heterocycles. The van der Waals surface area contributed by atoms with E-state index >= 15 is 0 Å². The second-order valence-electron chi connectivity index (χ2n) is 5.86. The van der Waals surface area contributed by atoms with Crippen LogP contribution in [-0.2, 0) is 6.54 Å². The topological polar surface area (TPSA) is 44.1 Å². The first-order chi connectivity index (χ1) is 12.6. The lowest BCUT2D eigenvalue weighted by molar-refractivity contribution is 0.415. The third-order valence-electron chi connectivity index (χ3n) is 4.12. The summed E-state index contributed by atoms with van der Waals surface area (Å²) in [6.07, 6.45) is 1.59. The number of benzene rings is 2. The summed E-state index contributed by atoms with van der Waals surface area (Å²) in [6, 6.07) is 17.2. The van der Waals surface area contributed by atoms with Gasteiger partial charge in [0.05, 0.1) is 25.5 Å². The third kappa shape index (κ3) is 3.23. The molecule has 0 atom stereocenters. The Morgan fingerprint density at radius 1 is 1.15 bits per heavy atom. The van der Waals surface area contributed by atoms with E-state index in [2.05, 4.69) is 4.98 Å². The van der Waals surface area contributed by atoms with Crippen LogP contribution in [0.25, 0.3) is 20.7 Å². The van der Waals surface area contributed by atoms with Crippen LogP contribution in [0.1, 0.15) is 5.56 Å². The number of nitrogens with zero attached hydrogens (tertiary/aromatic N) is 2. The zero-order valence-electron chi connectivity index (χ0n) is 14.0. The molecule has 0 spiro atoms.